The molecule has 0 fully saturated rings. The van der Waals surface area contributed by atoms with Gasteiger partial charge >= 0.3 is 0 Å². The zero-order valence-corrected chi connectivity index (χ0v) is 20.5. The van der Waals surface area contributed by atoms with Gasteiger partial charge in [0.05, 0.1) is 18.7 Å². The van der Waals surface area contributed by atoms with Crippen LogP contribution in [-0.2, 0) is 35.6 Å². The van der Waals surface area contributed by atoms with Crippen LogP contribution in [0, 0.1) is 6.92 Å². The molecule has 0 saturated heterocycles. The Balaban J connectivity index is 1.64. The van der Waals surface area contributed by atoms with Gasteiger partial charge < -0.3 is 25.7 Å². The Morgan fingerprint density at radius 3 is 2.63 bits per heavy atom. The van der Waals surface area contributed by atoms with E-state index in [0.717, 1.165) is 16.7 Å². The number of hydrogen-bond acceptors (Lipinski definition) is 5. The van der Waals surface area contributed by atoms with Crippen molar-refractivity contribution in [2.45, 2.75) is 39.9 Å². The molecule has 3 aromatic rings. The molecule has 0 bridgehead atoms. The van der Waals surface area contributed by atoms with E-state index in [2.05, 4.69) is 10.6 Å². The lowest BCUT2D eigenvalue weighted by atomic mass is 10.1. The van der Waals surface area contributed by atoms with Crippen molar-refractivity contribution >= 4 is 29.1 Å². The van der Waals surface area contributed by atoms with Gasteiger partial charge in [-0.1, -0.05) is 29.8 Å². The Labute approximate surface area is 209 Å². The van der Waals surface area contributed by atoms with Crippen LogP contribution >= 0.6 is 11.6 Å². The van der Waals surface area contributed by atoms with Crippen molar-refractivity contribution < 1.29 is 14.3 Å². The lowest BCUT2D eigenvalue weighted by Crippen LogP contribution is -2.32. The number of nitrogens with one attached hydrogen (secondary N) is 2. The minimum atomic E-state index is -0.272. The first-order chi connectivity index (χ1) is 16.8. The first kappa shape index (κ1) is 26.0. The molecule has 4 N–H and O–H groups in total. The van der Waals surface area contributed by atoms with Crippen molar-refractivity contribution in [3.63, 3.8) is 0 Å². The van der Waals surface area contributed by atoms with Gasteiger partial charge in [-0.2, -0.15) is 0 Å². The molecule has 0 radical (unpaired) electrons. The van der Waals surface area contributed by atoms with Crippen molar-refractivity contribution in [2.75, 3.05) is 11.9 Å². The molecule has 0 saturated carbocycles. The second-order valence-electron chi connectivity index (χ2n) is 8.07. The molecule has 0 atom stereocenters. The summed E-state index contributed by atoms with van der Waals surface area (Å²) in [7, 11) is 0. The van der Waals surface area contributed by atoms with Crippen LogP contribution < -0.4 is 26.7 Å². The smallest absolute Gasteiger partial charge is 0.254 e. The highest BCUT2D eigenvalue weighted by Gasteiger charge is 2.13. The summed E-state index contributed by atoms with van der Waals surface area (Å²) in [6.45, 7) is 4.33. The third kappa shape index (κ3) is 7.18. The molecular weight excluding hydrogens is 468 g/mol. The van der Waals surface area contributed by atoms with Gasteiger partial charge in [-0.05, 0) is 53.9 Å². The third-order valence-corrected chi connectivity index (χ3v) is 5.72. The number of para-hydroxylation sites is 2. The van der Waals surface area contributed by atoms with Crippen molar-refractivity contribution in [2.24, 2.45) is 5.73 Å². The van der Waals surface area contributed by atoms with Crippen LogP contribution in [0.5, 0.6) is 5.75 Å². The van der Waals surface area contributed by atoms with E-state index >= 15 is 0 Å². The maximum absolute atomic E-state index is 13.0. The summed E-state index contributed by atoms with van der Waals surface area (Å²) in [5.41, 5.74) is 8.98. The van der Waals surface area contributed by atoms with Crippen molar-refractivity contribution in [1.29, 1.82) is 0 Å². The molecule has 0 aliphatic heterocycles. The summed E-state index contributed by atoms with van der Waals surface area (Å²) in [6.07, 6.45) is 1.64. The Kier molecular flexibility index (Phi) is 9.05. The number of aromatic nitrogens is 1. The molecular formula is C26H29ClN4O4. The molecule has 184 valence electrons. The zero-order valence-electron chi connectivity index (χ0n) is 19.8. The first-order valence-corrected chi connectivity index (χ1v) is 11.6. The Bertz CT molecular complexity index is 1270. The number of halogens is 1. The van der Waals surface area contributed by atoms with Crippen LogP contribution in [0.2, 0.25) is 5.02 Å². The normalized spacial score (nSPS) is 10.6. The fourth-order valence-electron chi connectivity index (χ4n) is 3.62. The highest BCUT2D eigenvalue weighted by molar-refractivity contribution is 6.30. The van der Waals surface area contributed by atoms with Gasteiger partial charge in [0, 0.05) is 36.8 Å². The summed E-state index contributed by atoms with van der Waals surface area (Å²) in [6, 6.07) is 14.2. The number of nitrogens with zero attached hydrogens (tertiary/aromatic N) is 1. The van der Waals surface area contributed by atoms with Gasteiger partial charge in [-0.25, -0.2) is 0 Å². The average molecular weight is 497 g/mol. The molecule has 2 aromatic carbocycles. The van der Waals surface area contributed by atoms with Gasteiger partial charge in [0.25, 0.3) is 5.56 Å². The number of ether oxygens (including phenoxy) is 1. The van der Waals surface area contributed by atoms with E-state index in [9.17, 15) is 14.4 Å². The van der Waals surface area contributed by atoms with E-state index in [1.54, 1.807) is 55.6 Å². The Morgan fingerprint density at radius 1 is 1.11 bits per heavy atom. The molecule has 0 aliphatic rings. The van der Waals surface area contributed by atoms with Gasteiger partial charge in [0.1, 0.15) is 12.4 Å². The molecule has 1 heterocycles. The van der Waals surface area contributed by atoms with Crippen molar-refractivity contribution in [3.8, 4) is 5.75 Å². The molecule has 3 rings (SSSR count). The number of hydrogen-bond donors (Lipinski definition) is 3. The van der Waals surface area contributed by atoms with Gasteiger partial charge in [-0.3, -0.25) is 14.4 Å². The number of rotatable bonds is 10. The highest BCUT2D eigenvalue weighted by Crippen LogP contribution is 2.23. The van der Waals surface area contributed by atoms with Crippen molar-refractivity contribution in [1.82, 2.24) is 9.88 Å². The number of aryl methyl sites for hydroxylation is 1. The van der Waals surface area contributed by atoms with Gasteiger partial charge in [0.15, 0.2) is 0 Å². The van der Waals surface area contributed by atoms with Gasteiger partial charge in [0.2, 0.25) is 11.8 Å². The summed E-state index contributed by atoms with van der Waals surface area (Å²) in [5.74, 6) is 0.0417. The van der Waals surface area contributed by atoms with Crippen LogP contribution in [0.4, 0.5) is 5.69 Å². The first-order valence-electron chi connectivity index (χ1n) is 11.2. The SMILES string of the molecule is CC(=O)Nc1ccccc1OCCn1ccc(C)c(CC(=O)NCc2cc(Cl)ccc2CN)c1=O. The van der Waals surface area contributed by atoms with E-state index < -0.39 is 0 Å². The zero-order chi connectivity index (χ0) is 25.4. The standard InChI is InChI=1S/C26H29ClN4O4/c1-17-9-10-31(11-12-35-24-6-4-3-5-23(24)30-18(2)32)26(34)22(17)14-25(33)29-16-20-13-21(27)8-7-19(20)15-28/h3-10,13H,11-12,14-16,28H2,1-2H3,(H,29,33)(H,30,32). The lowest BCUT2D eigenvalue weighted by molar-refractivity contribution is -0.120. The molecule has 8 nitrogen and oxygen atoms in total. The number of carbonyl (C=O) groups is 2. The van der Waals surface area contributed by atoms with Crippen LogP contribution in [0.1, 0.15) is 29.2 Å². The molecule has 9 heteroatoms. The summed E-state index contributed by atoms with van der Waals surface area (Å²) < 4.78 is 7.31. The molecule has 0 aliphatic carbocycles. The quantitative estimate of drug-likeness (QED) is 0.399. The largest absolute Gasteiger partial charge is 0.490 e. The predicted molar refractivity (Wildman–Crippen MR) is 137 cm³/mol. The van der Waals surface area contributed by atoms with Gasteiger partial charge in [-0.15, -0.1) is 0 Å². The minimum absolute atomic E-state index is 0.0454. The van der Waals surface area contributed by atoms with Crippen molar-refractivity contribution in [3.05, 3.63) is 92.4 Å². The highest BCUT2D eigenvalue weighted by atomic mass is 35.5. The molecule has 0 spiro atoms. The monoisotopic (exact) mass is 496 g/mol. The topological polar surface area (TPSA) is 115 Å². The maximum atomic E-state index is 13.0. The van der Waals surface area contributed by atoms with Crippen LogP contribution in [0.25, 0.3) is 0 Å². The number of nitrogens with two attached hydrogens (primary N) is 1. The van der Waals surface area contributed by atoms with E-state index in [-0.39, 0.29) is 43.5 Å². The summed E-state index contributed by atoms with van der Waals surface area (Å²) >= 11 is 6.06. The van der Waals surface area contributed by atoms with Crippen LogP contribution in [-0.4, -0.2) is 23.0 Å². The molecule has 0 unspecified atom stereocenters. The fourth-order valence-corrected chi connectivity index (χ4v) is 3.81. The molecule has 2 amide bonds. The number of pyridine rings is 1. The number of carbonyl (C=O) groups excluding carboxylic acids is 2. The Hall–Kier alpha value is -3.62. The third-order valence-electron chi connectivity index (χ3n) is 5.49. The summed E-state index contributed by atoms with van der Waals surface area (Å²) in [5, 5.41) is 6.13. The second-order valence-corrected chi connectivity index (χ2v) is 8.51. The number of amides is 2. The van der Waals surface area contributed by atoms with E-state index in [0.29, 0.717) is 28.6 Å². The van der Waals surface area contributed by atoms with E-state index in [1.165, 1.54) is 11.5 Å². The number of anilines is 1. The van der Waals surface area contributed by atoms with E-state index in [1.807, 2.05) is 6.07 Å². The van der Waals surface area contributed by atoms with Crippen LogP contribution in [0.15, 0.2) is 59.5 Å². The minimum Gasteiger partial charge on any atom is -0.490 e. The lowest BCUT2D eigenvalue weighted by Gasteiger charge is -2.14. The molecule has 35 heavy (non-hydrogen) atoms. The average Bonchev–Trinajstić information content (AvgIpc) is 2.82. The fraction of sp³-hybridized carbons (Fsp3) is 0.269. The van der Waals surface area contributed by atoms with E-state index in [4.69, 9.17) is 22.1 Å². The Morgan fingerprint density at radius 2 is 1.89 bits per heavy atom. The maximum Gasteiger partial charge on any atom is 0.254 e. The summed E-state index contributed by atoms with van der Waals surface area (Å²) in [4.78, 5) is 37.0. The predicted octanol–water partition coefficient (Wildman–Crippen LogP) is 3.17. The molecule has 1 aromatic heterocycles. The second kappa shape index (κ2) is 12.2. The number of benzene rings is 2. The van der Waals surface area contributed by atoms with Crippen LogP contribution in [0.3, 0.4) is 0 Å².